The van der Waals surface area contributed by atoms with Crippen LogP contribution in [-0.4, -0.2) is 16.1 Å². The predicted molar refractivity (Wildman–Crippen MR) is 68.8 cm³/mol. The van der Waals surface area contributed by atoms with Crippen LogP contribution >= 0.6 is 15.9 Å². The van der Waals surface area contributed by atoms with Crippen molar-refractivity contribution >= 4 is 15.9 Å². The van der Waals surface area contributed by atoms with Gasteiger partial charge in [0.25, 0.3) is 0 Å². The minimum Gasteiger partial charge on any atom is -0.330 e. The first-order chi connectivity index (χ1) is 7.72. The van der Waals surface area contributed by atoms with Crippen molar-refractivity contribution in [2.45, 2.75) is 13.3 Å². The zero-order chi connectivity index (χ0) is 11.5. The van der Waals surface area contributed by atoms with Gasteiger partial charge in [-0.1, -0.05) is 6.07 Å². The van der Waals surface area contributed by atoms with Crippen LogP contribution in [0, 0.1) is 6.92 Å². The lowest BCUT2D eigenvalue weighted by Gasteiger charge is -2.09. The summed E-state index contributed by atoms with van der Waals surface area (Å²) in [5, 5.41) is 0. The summed E-state index contributed by atoms with van der Waals surface area (Å²) in [5.74, 6) is 0.979. The maximum absolute atomic E-state index is 5.54. The molecule has 2 rings (SSSR count). The number of nitrogens with zero attached hydrogens (tertiary/aromatic N) is 2. The molecule has 0 amide bonds. The summed E-state index contributed by atoms with van der Waals surface area (Å²) in [6, 6.07) is 6.30. The Hall–Kier alpha value is -1.13. The Morgan fingerprint density at radius 3 is 2.81 bits per heavy atom. The standard InChI is InChI=1S/C12H14BrN3/c1-9-15-6-7-16(9)12-3-2-10(4-5-14)8-11(12)13/h2-3,6-8H,4-5,14H2,1H3. The Morgan fingerprint density at radius 2 is 2.25 bits per heavy atom. The number of nitrogens with two attached hydrogens (primary N) is 1. The minimum absolute atomic E-state index is 0.676. The molecular weight excluding hydrogens is 266 g/mol. The molecule has 1 aromatic heterocycles. The van der Waals surface area contributed by atoms with Crippen LogP contribution in [-0.2, 0) is 6.42 Å². The molecule has 2 aromatic rings. The zero-order valence-corrected chi connectivity index (χ0v) is 10.7. The smallest absolute Gasteiger partial charge is 0.110 e. The molecule has 0 aliphatic heterocycles. The summed E-state index contributed by atoms with van der Waals surface area (Å²) >= 11 is 3.58. The fraction of sp³-hybridized carbons (Fsp3) is 0.250. The van der Waals surface area contributed by atoms with Crippen molar-refractivity contribution in [2.75, 3.05) is 6.54 Å². The Labute approximate surface area is 103 Å². The molecule has 1 aromatic carbocycles. The van der Waals surface area contributed by atoms with E-state index in [1.54, 1.807) is 6.20 Å². The molecule has 2 N–H and O–H groups in total. The molecule has 0 unspecified atom stereocenters. The highest BCUT2D eigenvalue weighted by Gasteiger charge is 2.05. The molecule has 0 saturated carbocycles. The number of hydrogen-bond acceptors (Lipinski definition) is 2. The molecule has 0 aliphatic carbocycles. The van der Waals surface area contributed by atoms with Crippen LogP contribution in [0.1, 0.15) is 11.4 Å². The van der Waals surface area contributed by atoms with Crippen molar-refractivity contribution in [3.63, 3.8) is 0 Å². The molecule has 0 spiro atoms. The van der Waals surface area contributed by atoms with Gasteiger partial charge in [0.2, 0.25) is 0 Å². The van der Waals surface area contributed by atoms with E-state index in [0.717, 1.165) is 22.4 Å². The molecule has 0 radical (unpaired) electrons. The normalized spacial score (nSPS) is 10.7. The van der Waals surface area contributed by atoms with Gasteiger partial charge in [-0.2, -0.15) is 0 Å². The van der Waals surface area contributed by atoms with Gasteiger partial charge in [0.1, 0.15) is 5.82 Å². The fourth-order valence-electron chi connectivity index (χ4n) is 1.70. The monoisotopic (exact) mass is 279 g/mol. The number of rotatable bonds is 3. The van der Waals surface area contributed by atoms with E-state index in [4.69, 9.17) is 5.73 Å². The molecular formula is C12H14BrN3. The van der Waals surface area contributed by atoms with Gasteiger partial charge in [-0.05, 0) is 53.5 Å². The van der Waals surface area contributed by atoms with Crippen LogP contribution < -0.4 is 5.73 Å². The number of halogens is 1. The minimum atomic E-state index is 0.676. The molecule has 3 nitrogen and oxygen atoms in total. The fourth-order valence-corrected chi connectivity index (χ4v) is 2.32. The third-order valence-corrected chi connectivity index (χ3v) is 3.17. The maximum atomic E-state index is 5.54. The van der Waals surface area contributed by atoms with E-state index in [9.17, 15) is 0 Å². The van der Waals surface area contributed by atoms with E-state index in [1.165, 1.54) is 5.56 Å². The van der Waals surface area contributed by atoms with E-state index in [0.29, 0.717) is 6.54 Å². The van der Waals surface area contributed by atoms with Gasteiger partial charge >= 0.3 is 0 Å². The van der Waals surface area contributed by atoms with Crippen LogP contribution in [0.4, 0.5) is 0 Å². The summed E-state index contributed by atoms with van der Waals surface area (Å²) in [6.07, 6.45) is 4.66. The van der Waals surface area contributed by atoms with Gasteiger partial charge in [-0.15, -0.1) is 0 Å². The van der Waals surface area contributed by atoms with Crippen molar-refractivity contribution in [3.05, 3.63) is 46.5 Å². The number of hydrogen-bond donors (Lipinski definition) is 1. The maximum Gasteiger partial charge on any atom is 0.110 e. The lowest BCUT2D eigenvalue weighted by molar-refractivity contribution is 0.948. The Kier molecular flexibility index (Phi) is 3.41. The summed E-state index contributed by atoms with van der Waals surface area (Å²) in [4.78, 5) is 4.22. The van der Waals surface area contributed by atoms with Crippen LogP contribution in [0.5, 0.6) is 0 Å². The van der Waals surface area contributed by atoms with Crippen molar-refractivity contribution in [3.8, 4) is 5.69 Å². The summed E-state index contributed by atoms with van der Waals surface area (Å²) in [6.45, 7) is 2.66. The lowest BCUT2D eigenvalue weighted by atomic mass is 10.1. The number of aromatic nitrogens is 2. The van der Waals surface area contributed by atoms with Crippen LogP contribution in [0.25, 0.3) is 5.69 Å². The molecule has 0 saturated heterocycles. The van der Waals surface area contributed by atoms with Gasteiger partial charge in [0, 0.05) is 16.9 Å². The SMILES string of the molecule is Cc1nccn1-c1ccc(CCN)cc1Br. The first kappa shape index (κ1) is 11.4. The predicted octanol–water partition coefficient (Wildman–Crippen LogP) is 2.44. The number of benzene rings is 1. The lowest BCUT2D eigenvalue weighted by Crippen LogP contribution is -2.03. The second-order valence-corrected chi connectivity index (χ2v) is 4.52. The van der Waals surface area contributed by atoms with Crippen LogP contribution in [0.2, 0.25) is 0 Å². The average Bonchev–Trinajstić information content (AvgIpc) is 2.65. The van der Waals surface area contributed by atoms with Crippen LogP contribution in [0.3, 0.4) is 0 Å². The largest absolute Gasteiger partial charge is 0.330 e. The molecule has 0 bridgehead atoms. The number of aryl methyl sites for hydroxylation is 1. The second kappa shape index (κ2) is 4.80. The first-order valence-electron chi connectivity index (χ1n) is 5.21. The molecule has 1 heterocycles. The molecule has 16 heavy (non-hydrogen) atoms. The molecule has 0 aliphatic rings. The van der Waals surface area contributed by atoms with Crippen molar-refractivity contribution in [1.29, 1.82) is 0 Å². The highest BCUT2D eigenvalue weighted by molar-refractivity contribution is 9.10. The third-order valence-electron chi connectivity index (χ3n) is 2.53. The van der Waals surface area contributed by atoms with Crippen molar-refractivity contribution in [2.24, 2.45) is 5.73 Å². The zero-order valence-electron chi connectivity index (χ0n) is 9.15. The Morgan fingerprint density at radius 1 is 1.44 bits per heavy atom. The van der Waals surface area contributed by atoms with E-state index in [1.807, 2.05) is 13.1 Å². The van der Waals surface area contributed by atoms with E-state index >= 15 is 0 Å². The van der Waals surface area contributed by atoms with Gasteiger partial charge in [-0.25, -0.2) is 4.98 Å². The van der Waals surface area contributed by atoms with Crippen molar-refractivity contribution < 1.29 is 0 Å². The molecule has 0 fully saturated rings. The molecule has 84 valence electrons. The van der Waals surface area contributed by atoms with Crippen molar-refractivity contribution in [1.82, 2.24) is 9.55 Å². The van der Waals surface area contributed by atoms with E-state index in [2.05, 4.69) is 43.7 Å². The molecule has 4 heteroatoms. The first-order valence-corrected chi connectivity index (χ1v) is 6.00. The quantitative estimate of drug-likeness (QED) is 0.938. The van der Waals surface area contributed by atoms with Crippen LogP contribution in [0.15, 0.2) is 35.1 Å². The Balaban J connectivity index is 2.40. The van der Waals surface area contributed by atoms with Gasteiger partial charge < -0.3 is 10.3 Å². The highest BCUT2D eigenvalue weighted by Crippen LogP contribution is 2.23. The topological polar surface area (TPSA) is 43.8 Å². The van der Waals surface area contributed by atoms with Gasteiger partial charge in [0.15, 0.2) is 0 Å². The second-order valence-electron chi connectivity index (χ2n) is 3.67. The number of imidazole rings is 1. The third kappa shape index (κ3) is 2.18. The summed E-state index contributed by atoms with van der Waals surface area (Å²) in [5.41, 5.74) is 7.89. The summed E-state index contributed by atoms with van der Waals surface area (Å²) < 4.78 is 3.12. The molecule has 0 atom stereocenters. The van der Waals surface area contributed by atoms with E-state index < -0.39 is 0 Å². The average molecular weight is 280 g/mol. The van der Waals surface area contributed by atoms with Gasteiger partial charge in [0.05, 0.1) is 5.69 Å². The summed E-state index contributed by atoms with van der Waals surface area (Å²) in [7, 11) is 0. The van der Waals surface area contributed by atoms with Gasteiger partial charge in [-0.3, -0.25) is 0 Å². The Bertz CT molecular complexity index is 491. The van der Waals surface area contributed by atoms with E-state index in [-0.39, 0.29) is 0 Å². The highest BCUT2D eigenvalue weighted by atomic mass is 79.9.